The van der Waals surface area contributed by atoms with Crippen LogP contribution < -0.4 is 16.0 Å². The van der Waals surface area contributed by atoms with Crippen LogP contribution in [-0.2, 0) is 4.79 Å². The number of hydrogen-bond donors (Lipinski definition) is 3. The van der Waals surface area contributed by atoms with Crippen LogP contribution in [0.1, 0.15) is 47.5 Å². The Balaban J connectivity index is 0. The highest BCUT2D eigenvalue weighted by Crippen LogP contribution is 1.82. The van der Waals surface area contributed by atoms with E-state index in [9.17, 15) is 4.79 Å². The van der Waals surface area contributed by atoms with Gasteiger partial charge >= 0.3 is 0 Å². The van der Waals surface area contributed by atoms with Crippen molar-refractivity contribution in [1.29, 1.82) is 0 Å². The molecule has 0 saturated carbocycles. The number of carbonyl (C=O) groups excluding carboxylic acids is 1. The summed E-state index contributed by atoms with van der Waals surface area (Å²) in [4.78, 5) is 11.3. The van der Waals surface area contributed by atoms with Gasteiger partial charge in [-0.1, -0.05) is 34.6 Å². The summed E-state index contributed by atoms with van der Waals surface area (Å²) in [7, 11) is 0. The molecule has 0 aromatic rings. The highest BCUT2D eigenvalue weighted by molar-refractivity contribution is 5.75. The Bertz CT molecular complexity index is 161. The average molecular weight is 245 g/mol. The molecule has 4 nitrogen and oxygen atoms in total. The summed E-state index contributed by atoms with van der Waals surface area (Å²) in [5, 5.41) is 9.33. The Hall–Kier alpha value is -0.610. The van der Waals surface area contributed by atoms with E-state index in [0.717, 1.165) is 32.6 Å². The molecule has 0 spiro atoms. The number of hydrogen-bond acceptors (Lipinski definition) is 3. The van der Waals surface area contributed by atoms with Crippen molar-refractivity contribution in [2.24, 2.45) is 0 Å². The fourth-order valence-electron chi connectivity index (χ4n) is 1.18. The third kappa shape index (κ3) is 18.0. The van der Waals surface area contributed by atoms with E-state index in [2.05, 4.69) is 36.7 Å². The molecular formula is C13H31N3O. The molecule has 0 saturated heterocycles. The summed E-state index contributed by atoms with van der Waals surface area (Å²) in [6.45, 7) is 13.7. The van der Waals surface area contributed by atoms with Crippen molar-refractivity contribution >= 4 is 5.91 Å². The standard InChI is InChI=1S/C11H25N3O.C2H6/c1-4-12-7-5-8-14-11(15)6-9-13-10(2)3;1-2/h10,12-13H,4-9H2,1-3H3,(H,14,15);1-2H3. The monoisotopic (exact) mass is 245 g/mol. The third-order valence-corrected chi connectivity index (χ3v) is 2.01. The van der Waals surface area contributed by atoms with Crippen LogP contribution >= 0.6 is 0 Å². The summed E-state index contributed by atoms with van der Waals surface area (Å²) in [5.74, 6) is 0.139. The predicted octanol–water partition coefficient (Wildman–Crippen LogP) is 1.52. The van der Waals surface area contributed by atoms with Crippen LogP contribution in [0.15, 0.2) is 0 Å². The first-order chi connectivity index (χ1) is 8.16. The van der Waals surface area contributed by atoms with E-state index in [1.165, 1.54) is 0 Å². The lowest BCUT2D eigenvalue weighted by Gasteiger charge is -2.08. The minimum atomic E-state index is 0.139. The van der Waals surface area contributed by atoms with Crippen molar-refractivity contribution in [2.45, 2.75) is 53.5 Å². The molecular weight excluding hydrogens is 214 g/mol. The van der Waals surface area contributed by atoms with E-state index in [1.54, 1.807) is 0 Å². The topological polar surface area (TPSA) is 53.2 Å². The van der Waals surface area contributed by atoms with Crippen LogP contribution in [-0.4, -0.2) is 38.1 Å². The van der Waals surface area contributed by atoms with Gasteiger partial charge in [0, 0.05) is 25.6 Å². The first-order valence-corrected chi connectivity index (χ1v) is 6.87. The molecule has 0 unspecified atom stereocenters. The Morgan fingerprint density at radius 1 is 1.12 bits per heavy atom. The molecule has 0 fully saturated rings. The Labute approximate surface area is 107 Å². The second-order valence-electron chi connectivity index (χ2n) is 3.92. The summed E-state index contributed by atoms with van der Waals surface area (Å²) >= 11 is 0. The number of amides is 1. The van der Waals surface area contributed by atoms with Gasteiger partial charge in [0.05, 0.1) is 0 Å². The summed E-state index contributed by atoms with van der Waals surface area (Å²) in [5.41, 5.74) is 0. The van der Waals surface area contributed by atoms with Crippen LogP contribution in [0.3, 0.4) is 0 Å². The smallest absolute Gasteiger partial charge is 0.221 e. The molecule has 0 aromatic carbocycles. The van der Waals surface area contributed by atoms with E-state index in [0.29, 0.717) is 12.5 Å². The summed E-state index contributed by atoms with van der Waals surface area (Å²) in [6.07, 6.45) is 1.57. The minimum absolute atomic E-state index is 0.139. The molecule has 0 atom stereocenters. The normalized spacial score (nSPS) is 9.76. The van der Waals surface area contributed by atoms with Crippen molar-refractivity contribution in [2.75, 3.05) is 26.2 Å². The largest absolute Gasteiger partial charge is 0.356 e. The van der Waals surface area contributed by atoms with Gasteiger partial charge in [-0.15, -0.1) is 0 Å². The Kier molecular flexibility index (Phi) is 17.0. The quantitative estimate of drug-likeness (QED) is 0.540. The fourth-order valence-corrected chi connectivity index (χ4v) is 1.18. The molecule has 0 aliphatic rings. The lowest BCUT2D eigenvalue weighted by molar-refractivity contribution is -0.121. The van der Waals surface area contributed by atoms with E-state index >= 15 is 0 Å². The van der Waals surface area contributed by atoms with Crippen molar-refractivity contribution in [3.05, 3.63) is 0 Å². The number of carbonyl (C=O) groups is 1. The molecule has 0 radical (unpaired) electrons. The molecule has 17 heavy (non-hydrogen) atoms. The van der Waals surface area contributed by atoms with Gasteiger partial charge in [-0.3, -0.25) is 4.79 Å². The zero-order valence-corrected chi connectivity index (χ0v) is 12.2. The maximum atomic E-state index is 11.3. The molecule has 4 heteroatoms. The predicted molar refractivity (Wildman–Crippen MR) is 75.3 cm³/mol. The second-order valence-corrected chi connectivity index (χ2v) is 3.92. The number of nitrogens with one attached hydrogen (secondary N) is 3. The summed E-state index contributed by atoms with van der Waals surface area (Å²) < 4.78 is 0. The maximum Gasteiger partial charge on any atom is 0.221 e. The lowest BCUT2D eigenvalue weighted by Crippen LogP contribution is -2.31. The van der Waals surface area contributed by atoms with Crippen LogP contribution in [0.4, 0.5) is 0 Å². The van der Waals surface area contributed by atoms with Gasteiger partial charge in [-0.05, 0) is 19.5 Å². The van der Waals surface area contributed by atoms with Gasteiger partial charge in [-0.25, -0.2) is 0 Å². The van der Waals surface area contributed by atoms with Crippen molar-refractivity contribution in [1.82, 2.24) is 16.0 Å². The fraction of sp³-hybridized carbons (Fsp3) is 0.923. The first kappa shape index (κ1) is 18.7. The van der Waals surface area contributed by atoms with Crippen molar-refractivity contribution < 1.29 is 4.79 Å². The van der Waals surface area contributed by atoms with Gasteiger partial charge in [0.15, 0.2) is 0 Å². The maximum absolute atomic E-state index is 11.3. The summed E-state index contributed by atoms with van der Waals surface area (Å²) in [6, 6.07) is 0.451. The molecule has 0 aliphatic carbocycles. The third-order valence-electron chi connectivity index (χ3n) is 2.01. The molecule has 0 heterocycles. The Morgan fingerprint density at radius 2 is 1.76 bits per heavy atom. The van der Waals surface area contributed by atoms with Crippen LogP contribution in [0.2, 0.25) is 0 Å². The molecule has 0 rings (SSSR count). The second kappa shape index (κ2) is 15.4. The minimum Gasteiger partial charge on any atom is -0.356 e. The molecule has 1 amide bonds. The molecule has 0 bridgehead atoms. The molecule has 104 valence electrons. The Morgan fingerprint density at radius 3 is 2.29 bits per heavy atom. The van der Waals surface area contributed by atoms with Crippen molar-refractivity contribution in [3.63, 3.8) is 0 Å². The SMILES string of the molecule is CC.CCNCCCNC(=O)CCNC(C)C. The van der Waals surface area contributed by atoms with Crippen LogP contribution in [0.5, 0.6) is 0 Å². The molecule has 0 aliphatic heterocycles. The highest BCUT2D eigenvalue weighted by Gasteiger charge is 2.00. The first-order valence-electron chi connectivity index (χ1n) is 6.87. The van der Waals surface area contributed by atoms with Gasteiger partial charge in [0.1, 0.15) is 0 Å². The van der Waals surface area contributed by atoms with Gasteiger partial charge in [0.2, 0.25) is 5.91 Å². The van der Waals surface area contributed by atoms with E-state index in [1.807, 2.05) is 13.8 Å². The zero-order valence-electron chi connectivity index (χ0n) is 12.2. The van der Waals surface area contributed by atoms with Gasteiger partial charge < -0.3 is 16.0 Å². The van der Waals surface area contributed by atoms with Gasteiger partial charge in [-0.2, -0.15) is 0 Å². The highest BCUT2D eigenvalue weighted by atomic mass is 16.1. The van der Waals surface area contributed by atoms with E-state index in [4.69, 9.17) is 0 Å². The van der Waals surface area contributed by atoms with Crippen LogP contribution in [0.25, 0.3) is 0 Å². The van der Waals surface area contributed by atoms with Crippen molar-refractivity contribution in [3.8, 4) is 0 Å². The van der Waals surface area contributed by atoms with Crippen LogP contribution in [0, 0.1) is 0 Å². The lowest BCUT2D eigenvalue weighted by atomic mass is 10.3. The average Bonchev–Trinajstić information content (AvgIpc) is 2.31. The van der Waals surface area contributed by atoms with Gasteiger partial charge in [0.25, 0.3) is 0 Å². The van der Waals surface area contributed by atoms with E-state index in [-0.39, 0.29) is 5.91 Å². The van der Waals surface area contributed by atoms with E-state index < -0.39 is 0 Å². The number of rotatable bonds is 9. The zero-order chi connectivity index (χ0) is 13.5. The molecule has 0 aromatic heterocycles. The molecule has 3 N–H and O–H groups in total.